The minimum absolute atomic E-state index is 0.0527. The Morgan fingerprint density at radius 3 is 2.62 bits per heavy atom. The van der Waals surface area contributed by atoms with Crippen molar-refractivity contribution in [2.45, 2.75) is 45.3 Å². The van der Waals surface area contributed by atoms with E-state index in [1.807, 2.05) is 51.1 Å². The van der Waals surface area contributed by atoms with Gasteiger partial charge in [-0.25, -0.2) is 23.2 Å². The molecule has 5 rings (SSSR count). The maximum Gasteiger partial charge on any atom is 0.410 e. The molecule has 3 heterocycles. The number of ether oxygens (including phenoxy) is 2. The SMILES string of the molecule is CC(C)(C)OC(=O)N1CCC(c2nc(OCc3ccccc3)c3cnn(-c4ccc(F)cc4F)c3n2)C1. The average Bonchev–Trinajstić information content (AvgIpc) is 3.50. The van der Waals surface area contributed by atoms with Gasteiger partial charge in [-0.2, -0.15) is 10.1 Å². The number of fused-ring (bicyclic) bond motifs is 1. The van der Waals surface area contributed by atoms with E-state index in [9.17, 15) is 13.6 Å². The molecule has 1 aliphatic rings. The van der Waals surface area contributed by atoms with Crippen LogP contribution in [0.3, 0.4) is 0 Å². The molecule has 0 saturated carbocycles. The predicted octanol–water partition coefficient (Wildman–Crippen LogP) is 5.40. The largest absolute Gasteiger partial charge is 0.472 e. The first-order valence-electron chi connectivity index (χ1n) is 12.0. The minimum Gasteiger partial charge on any atom is -0.472 e. The van der Waals surface area contributed by atoms with Crippen LogP contribution >= 0.6 is 0 Å². The molecule has 2 aromatic heterocycles. The summed E-state index contributed by atoms with van der Waals surface area (Å²) < 4.78 is 41.1. The van der Waals surface area contributed by atoms with Crippen LogP contribution in [-0.4, -0.2) is 49.4 Å². The van der Waals surface area contributed by atoms with Gasteiger partial charge in [-0.1, -0.05) is 30.3 Å². The molecule has 1 saturated heterocycles. The van der Waals surface area contributed by atoms with Gasteiger partial charge in [0, 0.05) is 25.1 Å². The quantitative estimate of drug-likeness (QED) is 0.360. The number of benzene rings is 2. The van der Waals surface area contributed by atoms with Crippen LogP contribution < -0.4 is 4.74 Å². The van der Waals surface area contributed by atoms with Crippen molar-refractivity contribution in [2.24, 2.45) is 0 Å². The van der Waals surface area contributed by atoms with Crippen LogP contribution in [0, 0.1) is 11.6 Å². The lowest BCUT2D eigenvalue weighted by atomic mass is 10.1. The molecule has 1 fully saturated rings. The van der Waals surface area contributed by atoms with E-state index in [4.69, 9.17) is 19.4 Å². The number of aromatic nitrogens is 4. The van der Waals surface area contributed by atoms with Crippen LogP contribution in [-0.2, 0) is 11.3 Å². The number of hydrogen-bond acceptors (Lipinski definition) is 6. The predicted molar refractivity (Wildman–Crippen MR) is 133 cm³/mol. The molecule has 1 atom stereocenters. The lowest BCUT2D eigenvalue weighted by molar-refractivity contribution is 0.0292. The minimum atomic E-state index is -0.770. The summed E-state index contributed by atoms with van der Waals surface area (Å²) in [6, 6.07) is 12.9. The van der Waals surface area contributed by atoms with E-state index in [0.717, 1.165) is 17.7 Å². The first-order chi connectivity index (χ1) is 17.7. The summed E-state index contributed by atoms with van der Waals surface area (Å²) >= 11 is 0. The second kappa shape index (κ2) is 9.76. The summed E-state index contributed by atoms with van der Waals surface area (Å²) in [6.45, 7) is 6.59. The highest BCUT2D eigenvalue weighted by molar-refractivity contribution is 5.81. The maximum atomic E-state index is 14.7. The fourth-order valence-corrected chi connectivity index (χ4v) is 4.21. The van der Waals surface area contributed by atoms with Crippen molar-refractivity contribution in [3.8, 4) is 11.6 Å². The molecule has 2 aromatic carbocycles. The summed E-state index contributed by atoms with van der Waals surface area (Å²) in [5, 5.41) is 4.80. The molecule has 0 radical (unpaired) electrons. The zero-order valence-corrected chi connectivity index (χ0v) is 20.8. The van der Waals surface area contributed by atoms with Crippen molar-refractivity contribution < 1.29 is 23.0 Å². The molecule has 4 aromatic rings. The Kier molecular flexibility index (Phi) is 6.49. The number of amides is 1. The zero-order valence-electron chi connectivity index (χ0n) is 20.8. The second-order valence-electron chi connectivity index (χ2n) is 9.96. The third-order valence-electron chi connectivity index (χ3n) is 5.97. The van der Waals surface area contributed by atoms with Crippen LogP contribution in [0.25, 0.3) is 16.7 Å². The first-order valence-corrected chi connectivity index (χ1v) is 12.0. The lowest BCUT2D eigenvalue weighted by Crippen LogP contribution is -2.35. The Morgan fingerprint density at radius 2 is 1.89 bits per heavy atom. The molecule has 0 aliphatic carbocycles. The summed E-state index contributed by atoms with van der Waals surface area (Å²) in [6.07, 6.45) is 1.74. The van der Waals surface area contributed by atoms with Crippen molar-refractivity contribution in [2.75, 3.05) is 13.1 Å². The van der Waals surface area contributed by atoms with Gasteiger partial charge in [-0.3, -0.25) is 0 Å². The van der Waals surface area contributed by atoms with E-state index in [2.05, 4.69) is 5.10 Å². The number of carbonyl (C=O) groups is 1. The molecule has 1 aliphatic heterocycles. The summed E-state index contributed by atoms with van der Waals surface area (Å²) in [4.78, 5) is 23.6. The number of likely N-dealkylation sites (tertiary alicyclic amines) is 1. The molecule has 8 nitrogen and oxygen atoms in total. The van der Waals surface area contributed by atoms with Crippen molar-refractivity contribution >= 4 is 17.1 Å². The summed E-state index contributed by atoms with van der Waals surface area (Å²) in [7, 11) is 0. The van der Waals surface area contributed by atoms with Crippen LogP contribution in [0.1, 0.15) is 44.5 Å². The fourth-order valence-electron chi connectivity index (χ4n) is 4.21. The van der Waals surface area contributed by atoms with Gasteiger partial charge in [0.15, 0.2) is 11.5 Å². The molecule has 10 heteroatoms. The van der Waals surface area contributed by atoms with Gasteiger partial charge in [-0.05, 0) is 44.9 Å². The summed E-state index contributed by atoms with van der Waals surface area (Å²) in [5.74, 6) is -0.890. The van der Waals surface area contributed by atoms with Gasteiger partial charge in [0.25, 0.3) is 0 Å². The highest BCUT2D eigenvalue weighted by Crippen LogP contribution is 2.32. The van der Waals surface area contributed by atoms with Crippen molar-refractivity contribution in [3.63, 3.8) is 0 Å². The Hall–Kier alpha value is -4.08. The van der Waals surface area contributed by atoms with Gasteiger partial charge in [-0.15, -0.1) is 0 Å². The van der Waals surface area contributed by atoms with E-state index >= 15 is 0 Å². The van der Waals surface area contributed by atoms with E-state index in [0.29, 0.717) is 42.2 Å². The summed E-state index contributed by atoms with van der Waals surface area (Å²) in [5.41, 5.74) is 0.727. The maximum absolute atomic E-state index is 14.7. The van der Waals surface area contributed by atoms with Gasteiger partial charge in [0.2, 0.25) is 5.88 Å². The van der Waals surface area contributed by atoms with Crippen LogP contribution in [0.15, 0.2) is 54.7 Å². The number of hydrogen-bond donors (Lipinski definition) is 0. The molecular formula is C27H27F2N5O3. The molecule has 1 amide bonds. The molecule has 37 heavy (non-hydrogen) atoms. The van der Waals surface area contributed by atoms with Gasteiger partial charge in [0.1, 0.15) is 34.9 Å². The molecular weight excluding hydrogens is 480 g/mol. The molecule has 192 valence electrons. The molecule has 0 bridgehead atoms. The van der Waals surface area contributed by atoms with Gasteiger partial charge >= 0.3 is 6.09 Å². The molecule has 0 N–H and O–H groups in total. The Bertz CT molecular complexity index is 1440. The standard InChI is InChI=1S/C27H27F2N5O3/c1-27(2,3)37-26(35)33-12-11-18(15-33)23-31-24-20(25(32-23)36-16-17-7-5-4-6-8-17)14-30-34(24)22-10-9-19(28)13-21(22)29/h4-10,13-14,18H,11-12,15-16H2,1-3H3. The first kappa shape index (κ1) is 24.6. The van der Waals surface area contributed by atoms with Crippen molar-refractivity contribution in [3.05, 3.63) is 77.8 Å². The Morgan fingerprint density at radius 1 is 1.11 bits per heavy atom. The van der Waals surface area contributed by atoms with Crippen LogP contribution in [0.4, 0.5) is 13.6 Å². The second-order valence-corrected chi connectivity index (χ2v) is 9.96. The highest BCUT2D eigenvalue weighted by Gasteiger charge is 2.33. The van der Waals surface area contributed by atoms with E-state index in [-0.39, 0.29) is 18.2 Å². The normalized spacial score (nSPS) is 15.8. The monoisotopic (exact) mass is 507 g/mol. The lowest BCUT2D eigenvalue weighted by Gasteiger charge is -2.24. The molecule has 1 unspecified atom stereocenters. The highest BCUT2D eigenvalue weighted by atomic mass is 19.1. The average molecular weight is 508 g/mol. The van der Waals surface area contributed by atoms with E-state index < -0.39 is 23.3 Å². The third-order valence-corrected chi connectivity index (χ3v) is 5.97. The Labute approximate surface area is 212 Å². The number of halogens is 2. The number of nitrogens with zero attached hydrogens (tertiary/aromatic N) is 5. The van der Waals surface area contributed by atoms with Crippen molar-refractivity contribution in [1.82, 2.24) is 24.6 Å². The van der Waals surface area contributed by atoms with Gasteiger partial charge < -0.3 is 14.4 Å². The smallest absolute Gasteiger partial charge is 0.410 e. The zero-order chi connectivity index (χ0) is 26.2. The van der Waals surface area contributed by atoms with E-state index in [1.54, 1.807) is 4.90 Å². The van der Waals surface area contributed by atoms with E-state index in [1.165, 1.54) is 16.9 Å². The third kappa shape index (κ3) is 5.37. The van der Waals surface area contributed by atoms with Crippen LogP contribution in [0.2, 0.25) is 0 Å². The van der Waals surface area contributed by atoms with Crippen LogP contribution in [0.5, 0.6) is 5.88 Å². The van der Waals surface area contributed by atoms with Gasteiger partial charge in [0.05, 0.1) is 6.20 Å². The van der Waals surface area contributed by atoms with Crippen molar-refractivity contribution in [1.29, 1.82) is 0 Å². The molecule has 0 spiro atoms. The number of rotatable bonds is 5. The topological polar surface area (TPSA) is 82.4 Å². The number of carbonyl (C=O) groups excluding carboxylic acids is 1. The Balaban J connectivity index is 1.51. The fraction of sp³-hybridized carbons (Fsp3) is 0.333.